The Morgan fingerprint density at radius 3 is 1.62 bits per heavy atom. The first-order chi connectivity index (χ1) is 11.8. The number of rotatable bonds is 17. The van der Waals surface area contributed by atoms with Gasteiger partial charge in [0.25, 0.3) is 0 Å². The van der Waals surface area contributed by atoms with Gasteiger partial charge in [0.15, 0.2) is 0 Å². The Balaban J connectivity index is 1.68. The molecule has 0 aromatic carbocycles. The number of unbranched alkanes of at least 4 members (excludes halogenated alkanes) is 13. The first kappa shape index (κ1) is 20.8. The van der Waals surface area contributed by atoms with Crippen LogP contribution >= 0.6 is 0 Å². The number of tetrazole rings is 1. The molecule has 1 aromatic heterocycles. The molecule has 5 nitrogen and oxygen atoms in total. The number of hydrogen-bond acceptors (Lipinski definition) is 4. The summed E-state index contributed by atoms with van der Waals surface area (Å²) in [7, 11) is 0. The van der Waals surface area contributed by atoms with Gasteiger partial charge in [0.2, 0.25) is 0 Å². The van der Waals surface area contributed by atoms with Gasteiger partial charge in [-0.05, 0) is 30.2 Å². The average molecular weight is 337 g/mol. The van der Waals surface area contributed by atoms with E-state index >= 15 is 0 Å². The minimum Gasteiger partial charge on any atom is -0.300 e. The van der Waals surface area contributed by atoms with Gasteiger partial charge in [-0.25, -0.2) is 5.10 Å². The van der Waals surface area contributed by atoms with Crippen LogP contribution in [0.5, 0.6) is 0 Å². The Labute approximate surface area is 147 Å². The maximum atomic E-state index is 10.8. The normalized spacial score (nSPS) is 11.0. The van der Waals surface area contributed by atoms with Crippen LogP contribution in [0.2, 0.25) is 0 Å². The summed E-state index contributed by atoms with van der Waals surface area (Å²) < 4.78 is 0. The van der Waals surface area contributed by atoms with E-state index in [9.17, 15) is 4.79 Å². The second-order valence-corrected chi connectivity index (χ2v) is 7.00. The molecular formula is C19H36N4O. The summed E-state index contributed by atoms with van der Waals surface area (Å²) in [6.45, 7) is 1.69. The number of nitrogens with zero attached hydrogens (tertiary/aromatic N) is 3. The van der Waals surface area contributed by atoms with Gasteiger partial charge in [-0.2, -0.15) is 0 Å². The van der Waals surface area contributed by atoms with E-state index in [4.69, 9.17) is 0 Å². The maximum Gasteiger partial charge on any atom is 0.148 e. The molecular weight excluding hydrogens is 300 g/mol. The number of aromatic amines is 1. The van der Waals surface area contributed by atoms with Crippen molar-refractivity contribution in [3.63, 3.8) is 0 Å². The molecule has 1 aromatic rings. The number of aryl methyl sites for hydroxylation is 1. The van der Waals surface area contributed by atoms with Gasteiger partial charge in [-0.3, -0.25) is 0 Å². The minimum absolute atomic E-state index is 0.335. The summed E-state index contributed by atoms with van der Waals surface area (Å²) >= 11 is 0. The topological polar surface area (TPSA) is 71.5 Å². The fraction of sp³-hybridized carbons (Fsp3) is 0.895. The SMILES string of the molecule is CC(=O)CCCCCCCCCCCCCCCCc1nnn[nH]1. The minimum atomic E-state index is 0.335. The lowest BCUT2D eigenvalue weighted by Gasteiger charge is -2.03. The van der Waals surface area contributed by atoms with Gasteiger partial charge in [0, 0.05) is 12.8 Å². The molecule has 1 rings (SSSR count). The number of aromatic nitrogens is 4. The van der Waals surface area contributed by atoms with Crippen LogP contribution in [0.3, 0.4) is 0 Å². The Kier molecular flexibility index (Phi) is 13.2. The van der Waals surface area contributed by atoms with Crippen molar-refractivity contribution < 1.29 is 4.79 Å². The molecule has 0 unspecified atom stereocenters. The number of ketones is 1. The summed E-state index contributed by atoms with van der Waals surface area (Å²) in [5.74, 6) is 1.25. The van der Waals surface area contributed by atoms with E-state index in [0.717, 1.165) is 25.1 Å². The lowest BCUT2D eigenvalue weighted by atomic mass is 10.0. The Morgan fingerprint density at radius 2 is 1.21 bits per heavy atom. The molecule has 0 aliphatic carbocycles. The van der Waals surface area contributed by atoms with Gasteiger partial charge < -0.3 is 4.79 Å². The zero-order valence-corrected chi connectivity index (χ0v) is 15.6. The number of H-pyrrole nitrogens is 1. The van der Waals surface area contributed by atoms with Gasteiger partial charge in [0.05, 0.1) is 0 Å². The number of nitrogens with one attached hydrogen (secondary N) is 1. The van der Waals surface area contributed by atoms with Crippen LogP contribution in [0.4, 0.5) is 0 Å². The summed E-state index contributed by atoms with van der Waals surface area (Å²) in [5.41, 5.74) is 0. The van der Waals surface area contributed by atoms with E-state index in [-0.39, 0.29) is 0 Å². The largest absolute Gasteiger partial charge is 0.300 e. The fourth-order valence-electron chi connectivity index (χ4n) is 3.07. The van der Waals surface area contributed by atoms with Crippen LogP contribution < -0.4 is 0 Å². The third-order valence-electron chi connectivity index (χ3n) is 4.58. The monoisotopic (exact) mass is 336 g/mol. The molecule has 0 spiro atoms. The third kappa shape index (κ3) is 13.2. The lowest BCUT2D eigenvalue weighted by molar-refractivity contribution is -0.117. The van der Waals surface area contributed by atoms with E-state index in [1.165, 1.54) is 83.5 Å². The quantitative estimate of drug-likeness (QED) is 0.398. The molecule has 0 fully saturated rings. The standard InChI is InChI=1S/C19H36N4O/c1-18(24)16-14-12-10-8-6-4-2-3-5-7-9-11-13-15-17-19-20-22-23-21-19/h2-17H2,1H3,(H,20,21,22,23). The van der Waals surface area contributed by atoms with E-state index in [1.807, 2.05) is 0 Å². The second-order valence-electron chi connectivity index (χ2n) is 7.00. The number of hydrogen-bond donors (Lipinski definition) is 1. The number of carbonyl (C=O) groups excluding carboxylic acids is 1. The molecule has 0 radical (unpaired) electrons. The summed E-state index contributed by atoms with van der Waals surface area (Å²) in [6, 6.07) is 0. The molecule has 0 amide bonds. The van der Waals surface area contributed by atoms with E-state index in [2.05, 4.69) is 20.6 Å². The molecule has 0 aliphatic heterocycles. The zero-order valence-electron chi connectivity index (χ0n) is 15.6. The molecule has 0 atom stereocenters. The van der Waals surface area contributed by atoms with Crippen LogP contribution in [0.1, 0.15) is 109 Å². The summed E-state index contributed by atoms with van der Waals surface area (Å²) in [5, 5.41) is 13.9. The van der Waals surface area contributed by atoms with Crippen molar-refractivity contribution in [3.8, 4) is 0 Å². The highest BCUT2D eigenvalue weighted by atomic mass is 16.1. The third-order valence-corrected chi connectivity index (χ3v) is 4.58. The Hall–Kier alpha value is -1.26. The smallest absolute Gasteiger partial charge is 0.148 e. The first-order valence-corrected chi connectivity index (χ1v) is 10.0. The maximum absolute atomic E-state index is 10.8. The van der Waals surface area contributed by atoms with Crippen LogP contribution in [0, 0.1) is 0 Å². The Morgan fingerprint density at radius 1 is 0.750 bits per heavy atom. The molecule has 138 valence electrons. The van der Waals surface area contributed by atoms with Crippen molar-refractivity contribution in [2.45, 2.75) is 110 Å². The predicted molar refractivity (Wildman–Crippen MR) is 97.8 cm³/mol. The molecule has 0 aliphatic rings. The number of carbonyl (C=O) groups is 1. The van der Waals surface area contributed by atoms with Gasteiger partial charge in [0.1, 0.15) is 11.6 Å². The molecule has 0 saturated carbocycles. The molecule has 0 saturated heterocycles. The van der Waals surface area contributed by atoms with E-state index < -0.39 is 0 Å². The highest BCUT2D eigenvalue weighted by Gasteiger charge is 1.98. The molecule has 0 bridgehead atoms. The van der Waals surface area contributed by atoms with Gasteiger partial charge >= 0.3 is 0 Å². The van der Waals surface area contributed by atoms with Crippen molar-refractivity contribution in [3.05, 3.63) is 5.82 Å². The van der Waals surface area contributed by atoms with Gasteiger partial charge in [-0.1, -0.05) is 77.0 Å². The zero-order chi connectivity index (χ0) is 17.3. The molecule has 5 heteroatoms. The van der Waals surface area contributed by atoms with Crippen LogP contribution in [-0.4, -0.2) is 26.4 Å². The van der Waals surface area contributed by atoms with Crippen LogP contribution in [0.15, 0.2) is 0 Å². The summed E-state index contributed by atoms with van der Waals surface area (Å²) in [6.07, 6.45) is 20.2. The average Bonchev–Trinajstić information content (AvgIpc) is 3.07. The van der Waals surface area contributed by atoms with Crippen LogP contribution in [0.25, 0.3) is 0 Å². The number of Topliss-reactive ketones (excluding diaryl/α,β-unsaturated/α-hetero) is 1. The molecule has 1 heterocycles. The van der Waals surface area contributed by atoms with Crippen LogP contribution in [-0.2, 0) is 11.2 Å². The second kappa shape index (κ2) is 15.3. The predicted octanol–water partition coefficient (Wildman–Crippen LogP) is 5.18. The van der Waals surface area contributed by atoms with Gasteiger partial charge in [-0.15, -0.1) is 5.10 Å². The van der Waals surface area contributed by atoms with Crippen molar-refractivity contribution in [1.82, 2.24) is 20.6 Å². The van der Waals surface area contributed by atoms with Crippen molar-refractivity contribution in [2.75, 3.05) is 0 Å². The van der Waals surface area contributed by atoms with E-state index in [0.29, 0.717) is 5.78 Å². The Bertz CT molecular complexity index is 392. The highest BCUT2D eigenvalue weighted by molar-refractivity contribution is 5.75. The van der Waals surface area contributed by atoms with Crippen molar-refractivity contribution in [1.29, 1.82) is 0 Å². The van der Waals surface area contributed by atoms with Crippen molar-refractivity contribution in [2.24, 2.45) is 0 Å². The fourth-order valence-corrected chi connectivity index (χ4v) is 3.07. The lowest BCUT2D eigenvalue weighted by Crippen LogP contribution is -1.89. The molecule has 24 heavy (non-hydrogen) atoms. The first-order valence-electron chi connectivity index (χ1n) is 10.0. The summed E-state index contributed by atoms with van der Waals surface area (Å²) in [4.78, 5) is 10.8. The molecule has 1 N–H and O–H groups in total. The van der Waals surface area contributed by atoms with E-state index in [1.54, 1.807) is 6.92 Å². The highest BCUT2D eigenvalue weighted by Crippen LogP contribution is 2.13. The van der Waals surface area contributed by atoms with Crippen molar-refractivity contribution >= 4 is 5.78 Å².